The summed E-state index contributed by atoms with van der Waals surface area (Å²) in [6, 6.07) is 0.227. The van der Waals surface area contributed by atoms with E-state index < -0.39 is 0 Å². The average Bonchev–Trinajstić information content (AvgIpc) is 2.38. The van der Waals surface area contributed by atoms with Crippen molar-refractivity contribution in [2.24, 2.45) is 0 Å². The lowest BCUT2D eigenvalue weighted by molar-refractivity contribution is 0.264. The molecule has 2 rings (SSSR count). The highest BCUT2D eigenvalue weighted by molar-refractivity contribution is 7.99. The van der Waals surface area contributed by atoms with Crippen LogP contribution in [0.5, 0.6) is 0 Å². The molecule has 1 atom stereocenters. The molecule has 1 saturated heterocycles. The fourth-order valence-corrected chi connectivity index (χ4v) is 3.18. The Balaban J connectivity index is 2.15. The molecule has 100 valence electrons. The summed E-state index contributed by atoms with van der Waals surface area (Å²) in [7, 11) is 2.08. The number of hydrogen-bond acceptors (Lipinski definition) is 5. The zero-order chi connectivity index (χ0) is 13.0. The normalized spacial score (nSPS) is 21.1. The molecule has 0 radical (unpaired) electrons. The van der Waals surface area contributed by atoms with E-state index in [1.54, 1.807) is 6.20 Å². The smallest absolute Gasteiger partial charge is 0.255 e. The van der Waals surface area contributed by atoms with Gasteiger partial charge in [0.2, 0.25) is 0 Å². The molecular formula is C12H20N4OS. The van der Waals surface area contributed by atoms with Crippen molar-refractivity contribution in [3.63, 3.8) is 0 Å². The van der Waals surface area contributed by atoms with Gasteiger partial charge in [0, 0.05) is 36.4 Å². The van der Waals surface area contributed by atoms with E-state index in [1.165, 1.54) is 0 Å². The molecule has 2 N–H and O–H groups in total. The van der Waals surface area contributed by atoms with Crippen molar-refractivity contribution < 1.29 is 0 Å². The Labute approximate surface area is 111 Å². The molecule has 6 heteroatoms. The predicted molar refractivity (Wildman–Crippen MR) is 74.9 cm³/mol. The monoisotopic (exact) mass is 268 g/mol. The fraction of sp³-hybridized carbons (Fsp3) is 0.667. The van der Waals surface area contributed by atoms with Gasteiger partial charge in [0.15, 0.2) is 0 Å². The van der Waals surface area contributed by atoms with E-state index in [-0.39, 0.29) is 11.6 Å². The van der Waals surface area contributed by atoms with Crippen LogP contribution in [0.2, 0.25) is 0 Å². The van der Waals surface area contributed by atoms with Gasteiger partial charge in [-0.25, -0.2) is 4.98 Å². The second-order valence-corrected chi connectivity index (χ2v) is 5.62. The third-order valence-corrected chi connectivity index (χ3v) is 4.19. The Hall–Kier alpha value is -0.850. The van der Waals surface area contributed by atoms with Crippen LogP contribution in [-0.2, 0) is 6.54 Å². The summed E-state index contributed by atoms with van der Waals surface area (Å²) >= 11 is 1.91. The highest BCUT2D eigenvalue weighted by Gasteiger charge is 2.23. The maximum absolute atomic E-state index is 11.9. The molecule has 1 aliphatic rings. The van der Waals surface area contributed by atoms with Gasteiger partial charge in [0.1, 0.15) is 5.82 Å². The van der Waals surface area contributed by atoms with Gasteiger partial charge in [-0.2, -0.15) is 11.8 Å². The molecule has 0 bridgehead atoms. The van der Waals surface area contributed by atoms with Crippen molar-refractivity contribution in [3.05, 3.63) is 27.9 Å². The first kappa shape index (κ1) is 13.6. The maximum Gasteiger partial charge on any atom is 0.255 e. The average molecular weight is 268 g/mol. The van der Waals surface area contributed by atoms with Crippen molar-refractivity contribution in [3.8, 4) is 0 Å². The Kier molecular flexibility index (Phi) is 4.79. The third kappa shape index (κ3) is 3.13. The maximum atomic E-state index is 11.9. The Morgan fingerprint density at radius 2 is 2.50 bits per heavy atom. The van der Waals surface area contributed by atoms with Crippen LogP contribution in [0.1, 0.15) is 24.4 Å². The molecule has 1 fully saturated rings. The second-order valence-electron chi connectivity index (χ2n) is 4.47. The molecule has 1 aromatic heterocycles. The number of aromatic amines is 1. The van der Waals surface area contributed by atoms with Crippen LogP contribution in [-0.4, -0.2) is 46.5 Å². The van der Waals surface area contributed by atoms with Crippen LogP contribution >= 0.6 is 11.8 Å². The minimum atomic E-state index is -0.0232. The molecule has 5 nitrogen and oxygen atoms in total. The molecule has 1 aliphatic heterocycles. The molecular weight excluding hydrogens is 248 g/mol. The molecule has 0 amide bonds. The number of aromatic nitrogens is 2. The SMILES string of the molecule is CCNCc1cnc(C2CSCCN2C)[nH]c1=O. The molecule has 0 aliphatic carbocycles. The standard InChI is InChI=1S/C12H20N4OS/c1-3-13-6-9-7-14-11(15-12(9)17)10-8-18-5-4-16(10)2/h7,10,13H,3-6,8H2,1-2H3,(H,14,15,17). The van der Waals surface area contributed by atoms with Crippen LogP contribution in [0.15, 0.2) is 11.0 Å². The molecule has 1 aromatic rings. The summed E-state index contributed by atoms with van der Waals surface area (Å²) in [6.45, 7) is 4.49. The van der Waals surface area contributed by atoms with E-state index in [4.69, 9.17) is 0 Å². The highest BCUT2D eigenvalue weighted by Crippen LogP contribution is 2.24. The number of nitrogens with zero attached hydrogens (tertiary/aromatic N) is 2. The van der Waals surface area contributed by atoms with E-state index in [1.807, 2.05) is 18.7 Å². The van der Waals surface area contributed by atoms with E-state index in [0.29, 0.717) is 12.1 Å². The van der Waals surface area contributed by atoms with Gasteiger partial charge in [0.05, 0.1) is 6.04 Å². The van der Waals surface area contributed by atoms with Crippen molar-refractivity contribution in [1.82, 2.24) is 20.2 Å². The lowest BCUT2D eigenvalue weighted by atomic mass is 10.2. The summed E-state index contributed by atoms with van der Waals surface area (Å²) in [5, 5.41) is 3.14. The van der Waals surface area contributed by atoms with Gasteiger partial charge in [-0.3, -0.25) is 9.69 Å². The molecule has 18 heavy (non-hydrogen) atoms. The summed E-state index contributed by atoms with van der Waals surface area (Å²) in [4.78, 5) is 21.5. The highest BCUT2D eigenvalue weighted by atomic mass is 32.2. The van der Waals surface area contributed by atoms with E-state index in [0.717, 1.165) is 30.4 Å². The Bertz CT molecular complexity index is 448. The number of hydrogen-bond donors (Lipinski definition) is 2. The first-order valence-electron chi connectivity index (χ1n) is 6.29. The van der Waals surface area contributed by atoms with Crippen LogP contribution in [0, 0.1) is 0 Å². The van der Waals surface area contributed by atoms with Crippen LogP contribution in [0.25, 0.3) is 0 Å². The number of H-pyrrole nitrogens is 1. The topological polar surface area (TPSA) is 61.0 Å². The van der Waals surface area contributed by atoms with Gasteiger partial charge in [-0.1, -0.05) is 6.92 Å². The molecule has 0 spiro atoms. The summed E-state index contributed by atoms with van der Waals surface area (Å²) in [5.41, 5.74) is 0.677. The molecule has 2 heterocycles. The van der Waals surface area contributed by atoms with Crippen molar-refractivity contribution in [1.29, 1.82) is 0 Å². The molecule has 0 saturated carbocycles. The lowest BCUT2D eigenvalue weighted by Gasteiger charge is -2.31. The van der Waals surface area contributed by atoms with Crippen molar-refractivity contribution >= 4 is 11.8 Å². The fourth-order valence-electron chi connectivity index (χ4n) is 1.96. The van der Waals surface area contributed by atoms with Gasteiger partial charge in [-0.15, -0.1) is 0 Å². The third-order valence-electron chi connectivity index (χ3n) is 3.17. The zero-order valence-corrected chi connectivity index (χ0v) is 11.7. The van der Waals surface area contributed by atoms with Gasteiger partial charge < -0.3 is 10.3 Å². The largest absolute Gasteiger partial charge is 0.313 e. The summed E-state index contributed by atoms with van der Waals surface area (Å²) in [5.74, 6) is 2.93. The van der Waals surface area contributed by atoms with Gasteiger partial charge >= 0.3 is 0 Å². The van der Waals surface area contributed by atoms with Gasteiger partial charge in [-0.05, 0) is 13.6 Å². The predicted octanol–water partition coefficient (Wildman–Crippen LogP) is 0.599. The van der Waals surface area contributed by atoms with Crippen LogP contribution in [0.3, 0.4) is 0 Å². The zero-order valence-electron chi connectivity index (χ0n) is 10.9. The molecule has 0 aromatic carbocycles. The van der Waals surface area contributed by atoms with Crippen molar-refractivity contribution in [2.75, 3.05) is 31.6 Å². The first-order valence-corrected chi connectivity index (χ1v) is 7.44. The minimum absolute atomic E-state index is 0.0232. The van der Waals surface area contributed by atoms with Crippen LogP contribution in [0.4, 0.5) is 0 Å². The van der Waals surface area contributed by atoms with Crippen LogP contribution < -0.4 is 10.9 Å². The first-order chi connectivity index (χ1) is 8.72. The van der Waals surface area contributed by atoms with E-state index in [2.05, 4.69) is 27.2 Å². The number of thioether (sulfide) groups is 1. The van der Waals surface area contributed by atoms with Crippen molar-refractivity contribution in [2.45, 2.75) is 19.5 Å². The Morgan fingerprint density at radius 3 is 3.17 bits per heavy atom. The number of rotatable bonds is 4. The Morgan fingerprint density at radius 1 is 1.67 bits per heavy atom. The number of nitrogens with one attached hydrogen (secondary N) is 2. The molecule has 1 unspecified atom stereocenters. The summed E-state index contributed by atoms with van der Waals surface area (Å²) in [6.07, 6.45) is 1.70. The summed E-state index contributed by atoms with van der Waals surface area (Å²) < 4.78 is 0. The van der Waals surface area contributed by atoms with E-state index in [9.17, 15) is 4.79 Å². The minimum Gasteiger partial charge on any atom is -0.313 e. The van der Waals surface area contributed by atoms with Gasteiger partial charge in [0.25, 0.3) is 5.56 Å². The second kappa shape index (κ2) is 6.36. The lowest BCUT2D eigenvalue weighted by Crippen LogP contribution is -2.35. The van der Waals surface area contributed by atoms with E-state index >= 15 is 0 Å². The quantitative estimate of drug-likeness (QED) is 0.837.